The van der Waals surface area contributed by atoms with Gasteiger partial charge in [0, 0.05) is 18.1 Å². The van der Waals surface area contributed by atoms with Gasteiger partial charge in [0.2, 0.25) is 5.43 Å². The molecule has 0 radical (unpaired) electrons. The summed E-state index contributed by atoms with van der Waals surface area (Å²) < 4.78 is 19.7. The topological polar surface area (TPSA) is 71.2 Å². The smallest absolute Gasteiger partial charge is 0.256 e. The molecule has 5 rings (SSSR count). The molecule has 0 spiro atoms. The zero-order valence-corrected chi connectivity index (χ0v) is 13.6. The SMILES string of the molecule is O=C(NCCC12CC(CO1)C2)c1c[nH]c2c(F)c(Cl)ccc2c1=O. The van der Waals surface area contributed by atoms with Crippen molar-refractivity contribution in [1.82, 2.24) is 10.3 Å². The first kappa shape index (κ1) is 15.6. The van der Waals surface area contributed by atoms with Crippen molar-refractivity contribution in [3.05, 3.63) is 45.0 Å². The lowest BCUT2D eigenvalue weighted by Gasteiger charge is -2.35. The van der Waals surface area contributed by atoms with E-state index in [0.717, 1.165) is 25.9 Å². The van der Waals surface area contributed by atoms with Crippen LogP contribution in [0.4, 0.5) is 4.39 Å². The summed E-state index contributed by atoms with van der Waals surface area (Å²) in [4.78, 5) is 27.3. The van der Waals surface area contributed by atoms with E-state index in [1.807, 2.05) is 0 Å². The van der Waals surface area contributed by atoms with Gasteiger partial charge in [-0.3, -0.25) is 9.59 Å². The van der Waals surface area contributed by atoms with E-state index in [1.54, 1.807) is 0 Å². The molecule has 2 bridgehead atoms. The summed E-state index contributed by atoms with van der Waals surface area (Å²) in [5.41, 5.74) is -0.632. The number of carbonyl (C=O) groups is 1. The summed E-state index contributed by atoms with van der Waals surface area (Å²) in [5, 5.41) is 2.77. The number of hydrogen-bond acceptors (Lipinski definition) is 3. The largest absolute Gasteiger partial charge is 0.375 e. The Morgan fingerprint density at radius 2 is 2.25 bits per heavy atom. The molecule has 7 heteroatoms. The normalized spacial score (nSPS) is 24.8. The summed E-state index contributed by atoms with van der Waals surface area (Å²) in [6.07, 6.45) is 4.08. The molecule has 126 valence electrons. The van der Waals surface area contributed by atoms with E-state index in [1.165, 1.54) is 18.3 Å². The van der Waals surface area contributed by atoms with E-state index in [-0.39, 0.29) is 27.1 Å². The van der Waals surface area contributed by atoms with Crippen molar-refractivity contribution in [1.29, 1.82) is 0 Å². The highest BCUT2D eigenvalue weighted by Gasteiger charge is 2.51. The fourth-order valence-corrected chi connectivity index (χ4v) is 3.86. The number of aromatic nitrogens is 1. The molecule has 2 N–H and O–H groups in total. The zero-order valence-electron chi connectivity index (χ0n) is 12.8. The van der Waals surface area contributed by atoms with Crippen LogP contribution in [0.3, 0.4) is 0 Å². The number of halogens is 2. The van der Waals surface area contributed by atoms with E-state index in [2.05, 4.69) is 10.3 Å². The quantitative estimate of drug-likeness (QED) is 0.890. The summed E-state index contributed by atoms with van der Waals surface area (Å²) in [7, 11) is 0. The van der Waals surface area contributed by atoms with Gasteiger partial charge < -0.3 is 15.0 Å². The Kier molecular flexibility index (Phi) is 3.62. The Labute approximate surface area is 142 Å². The molecule has 1 aromatic heterocycles. The lowest BCUT2D eigenvalue weighted by Crippen LogP contribution is -2.40. The molecule has 1 amide bonds. The van der Waals surface area contributed by atoms with Gasteiger partial charge in [-0.05, 0) is 37.3 Å². The van der Waals surface area contributed by atoms with Crippen molar-refractivity contribution in [2.45, 2.75) is 24.9 Å². The Morgan fingerprint density at radius 3 is 2.96 bits per heavy atom. The highest BCUT2D eigenvalue weighted by atomic mass is 35.5. The molecular weight excluding hydrogens is 335 g/mol. The van der Waals surface area contributed by atoms with Crippen LogP contribution in [0.1, 0.15) is 29.6 Å². The van der Waals surface area contributed by atoms with Gasteiger partial charge in [-0.2, -0.15) is 0 Å². The number of carbonyl (C=O) groups excluding carboxylic acids is 1. The van der Waals surface area contributed by atoms with E-state index >= 15 is 0 Å². The predicted molar refractivity (Wildman–Crippen MR) is 87.9 cm³/mol. The van der Waals surface area contributed by atoms with Crippen molar-refractivity contribution in [3.8, 4) is 0 Å². The number of hydrogen-bond donors (Lipinski definition) is 2. The summed E-state index contributed by atoms with van der Waals surface area (Å²) in [5.74, 6) is -0.500. The Hall–Kier alpha value is -1.92. The summed E-state index contributed by atoms with van der Waals surface area (Å²) in [6.45, 7) is 1.25. The van der Waals surface area contributed by atoms with Gasteiger partial charge >= 0.3 is 0 Å². The Morgan fingerprint density at radius 1 is 1.46 bits per heavy atom. The molecule has 3 heterocycles. The fraction of sp³-hybridized carbons (Fsp3) is 0.412. The number of aromatic amines is 1. The van der Waals surface area contributed by atoms with Crippen LogP contribution in [0.25, 0.3) is 10.9 Å². The van der Waals surface area contributed by atoms with Gasteiger partial charge in [-0.15, -0.1) is 0 Å². The average molecular weight is 351 g/mol. The number of H-pyrrole nitrogens is 1. The third-order valence-corrected chi connectivity index (χ3v) is 5.29. The maximum atomic E-state index is 13.9. The van der Waals surface area contributed by atoms with Gasteiger partial charge in [0.1, 0.15) is 5.56 Å². The summed E-state index contributed by atoms with van der Waals surface area (Å²) in [6, 6.07) is 2.72. The number of ether oxygens (including phenoxy) is 1. The molecule has 3 aliphatic rings. The van der Waals surface area contributed by atoms with E-state index < -0.39 is 17.2 Å². The van der Waals surface area contributed by atoms with E-state index in [9.17, 15) is 14.0 Å². The maximum Gasteiger partial charge on any atom is 0.256 e. The molecule has 24 heavy (non-hydrogen) atoms. The second-order valence-corrected chi connectivity index (χ2v) is 7.00. The number of rotatable bonds is 4. The van der Waals surface area contributed by atoms with Crippen molar-refractivity contribution >= 4 is 28.4 Å². The third-order valence-electron chi connectivity index (χ3n) is 5.00. The van der Waals surface area contributed by atoms with E-state index in [4.69, 9.17) is 16.3 Å². The molecule has 0 unspecified atom stereocenters. The molecule has 1 saturated carbocycles. The number of nitrogens with one attached hydrogen (secondary N) is 2. The van der Waals surface area contributed by atoms with Crippen LogP contribution < -0.4 is 10.7 Å². The van der Waals surface area contributed by atoms with Crippen LogP contribution in [-0.4, -0.2) is 29.6 Å². The molecule has 1 aliphatic carbocycles. The van der Waals surface area contributed by atoms with E-state index in [0.29, 0.717) is 12.5 Å². The third kappa shape index (κ3) is 2.41. The van der Waals surface area contributed by atoms with Crippen molar-refractivity contribution in [2.75, 3.05) is 13.2 Å². The minimum absolute atomic E-state index is 0.00260. The molecular formula is C17H16ClFN2O3. The zero-order chi connectivity index (χ0) is 16.9. The minimum Gasteiger partial charge on any atom is -0.375 e. The fourth-order valence-electron chi connectivity index (χ4n) is 3.70. The molecule has 5 nitrogen and oxygen atoms in total. The lowest BCUT2D eigenvalue weighted by atomic mass is 9.73. The van der Waals surface area contributed by atoms with Gasteiger partial charge in [0.25, 0.3) is 5.91 Å². The standard InChI is InChI=1S/C17H16ClFN2O3/c18-12-2-1-10-14(13(12)19)21-7-11(15(10)22)16(23)20-4-3-17-5-9(6-17)8-24-17/h1-2,7,9H,3-6,8H2,(H,20,23)(H,21,22). The molecule has 1 aromatic carbocycles. The van der Waals surface area contributed by atoms with Crippen LogP contribution in [0.15, 0.2) is 23.1 Å². The molecule has 0 atom stereocenters. The minimum atomic E-state index is -0.699. The van der Waals surface area contributed by atoms with Crippen LogP contribution in [0, 0.1) is 11.7 Å². The van der Waals surface area contributed by atoms with Crippen molar-refractivity contribution in [3.63, 3.8) is 0 Å². The maximum absolute atomic E-state index is 13.9. The average Bonchev–Trinajstić information content (AvgIpc) is 3.12. The van der Waals surface area contributed by atoms with Crippen molar-refractivity contribution < 1.29 is 13.9 Å². The highest BCUT2D eigenvalue weighted by Crippen LogP contribution is 2.50. The first-order chi connectivity index (χ1) is 11.5. The molecule has 3 fully saturated rings. The summed E-state index contributed by atoms with van der Waals surface area (Å²) >= 11 is 5.70. The van der Waals surface area contributed by atoms with Gasteiger partial charge in [-0.1, -0.05) is 11.6 Å². The van der Waals surface area contributed by atoms with Crippen LogP contribution in [0.2, 0.25) is 5.02 Å². The van der Waals surface area contributed by atoms with Gasteiger partial charge in [-0.25, -0.2) is 4.39 Å². The van der Waals surface area contributed by atoms with Crippen LogP contribution >= 0.6 is 11.6 Å². The number of fused-ring (bicyclic) bond motifs is 2. The van der Waals surface area contributed by atoms with Crippen molar-refractivity contribution in [2.24, 2.45) is 5.92 Å². The molecule has 2 saturated heterocycles. The Balaban J connectivity index is 1.51. The first-order valence-electron chi connectivity index (χ1n) is 7.91. The monoisotopic (exact) mass is 350 g/mol. The second kappa shape index (κ2) is 5.57. The van der Waals surface area contributed by atoms with Gasteiger partial charge in [0.15, 0.2) is 5.82 Å². The molecule has 2 aliphatic heterocycles. The molecule has 2 aromatic rings. The number of amides is 1. The van der Waals surface area contributed by atoms with Gasteiger partial charge in [0.05, 0.1) is 22.7 Å². The lowest BCUT2D eigenvalue weighted by molar-refractivity contribution is -0.00506. The number of pyridine rings is 1. The highest BCUT2D eigenvalue weighted by molar-refractivity contribution is 6.31. The Bertz CT molecular complexity index is 884. The first-order valence-corrected chi connectivity index (χ1v) is 8.28. The van der Waals surface area contributed by atoms with Crippen LogP contribution in [-0.2, 0) is 4.74 Å². The number of benzene rings is 1. The predicted octanol–water partition coefficient (Wildman–Crippen LogP) is 2.62. The van der Waals surface area contributed by atoms with Crippen LogP contribution in [0.5, 0.6) is 0 Å². The second-order valence-electron chi connectivity index (χ2n) is 6.59.